The lowest BCUT2D eigenvalue weighted by molar-refractivity contribution is 0.199. The molecule has 0 fully saturated rings. The summed E-state index contributed by atoms with van der Waals surface area (Å²) in [7, 11) is 1.70. The van der Waals surface area contributed by atoms with E-state index in [0.29, 0.717) is 13.2 Å². The third-order valence-corrected chi connectivity index (χ3v) is 3.48. The summed E-state index contributed by atoms with van der Waals surface area (Å²) in [6.07, 6.45) is 5.49. The van der Waals surface area contributed by atoms with Crippen LogP contribution in [0.3, 0.4) is 0 Å². The molecule has 0 radical (unpaired) electrons. The van der Waals surface area contributed by atoms with Crippen LogP contribution in [0.5, 0.6) is 5.75 Å². The summed E-state index contributed by atoms with van der Waals surface area (Å²) in [6.45, 7) is 3.67. The van der Waals surface area contributed by atoms with Crippen molar-refractivity contribution in [2.75, 3.05) is 26.9 Å². The first-order chi connectivity index (χ1) is 10.3. The maximum atomic E-state index is 5.88. The summed E-state index contributed by atoms with van der Waals surface area (Å²) in [5.41, 5.74) is 1.13. The summed E-state index contributed by atoms with van der Waals surface area (Å²) in [5.74, 6) is 0.906. The van der Waals surface area contributed by atoms with Gasteiger partial charge in [0, 0.05) is 42.6 Å². The summed E-state index contributed by atoms with van der Waals surface area (Å²) in [5, 5.41) is 3.33. The van der Waals surface area contributed by atoms with Crippen molar-refractivity contribution in [3.8, 4) is 5.75 Å². The first kappa shape index (κ1) is 16.0. The average molecular weight is 354 g/mol. The molecule has 6 heteroatoms. The second kappa shape index (κ2) is 8.81. The quantitative estimate of drug-likeness (QED) is 0.703. The van der Waals surface area contributed by atoms with Crippen molar-refractivity contribution in [1.82, 2.24) is 14.9 Å². The highest BCUT2D eigenvalue weighted by Gasteiger charge is 2.05. The highest BCUT2D eigenvalue weighted by molar-refractivity contribution is 9.10. The van der Waals surface area contributed by atoms with E-state index in [2.05, 4.69) is 32.3 Å². The van der Waals surface area contributed by atoms with Crippen LogP contribution in [0.2, 0.25) is 0 Å². The predicted octanol–water partition coefficient (Wildman–Crippen LogP) is 2.46. The molecule has 2 rings (SSSR count). The van der Waals surface area contributed by atoms with Crippen LogP contribution in [-0.2, 0) is 17.8 Å². The predicted molar refractivity (Wildman–Crippen MR) is 85.4 cm³/mol. The number of imidazole rings is 1. The van der Waals surface area contributed by atoms with Crippen LogP contribution in [0.25, 0.3) is 0 Å². The largest absolute Gasteiger partial charge is 0.491 e. The molecule has 21 heavy (non-hydrogen) atoms. The molecule has 2 aromatic rings. The molecule has 1 heterocycles. The first-order valence-corrected chi connectivity index (χ1v) is 7.65. The van der Waals surface area contributed by atoms with Gasteiger partial charge in [0.1, 0.15) is 12.4 Å². The van der Waals surface area contributed by atoms with Gasteiger partial charge in [0.05, 0.1) is 19.5 Å². The van der Waals surface area contributed by atoms with Gasteiger partial charge in [-0.15, -0.1) is 0 Å². The topological polar surface area (TPSA) is 48.3 Å². The zero-order chi connectivity index (χ0) is 14.9. The molecule has 0 bridgehead atoms. The Labute approximate surface area is 133 Å². The Hall–Kier alpha value is -1.37. The molecule has 5 nitrogen and oxygen atoms in total. The Kier molecular flexibility index (Phi) is 6.72. The SMILES string of the molecule is COCCNCc1cc(Br)ccc1OCCn1ccnc1. The highest BCUT2D eigenvalue weighted by atomic mass is 79.9. The van der Waals surface area contributed by atoms with E-state index in [9.17, 15) is 0 Å². The van der Waals surface area contributed by atoms with Crippen LogP contribution >= 0.6 is 15.9 Å². The van der Waals surface area contributed by atoms with Gasteiger partial charge in [-0.3, -0.25) is 0 Å². The third-order valence-electron chi connectivity index (χ3n) is 2.99. The molecule has 0 aliphatic heterocycles. The fourth-order valence-corrected chi connectivity index (χ4v) is 2.31. The molecule has 0 unspecified atom stereocenters. The van der Waals surface area contributed by atoms with Crippen molar-refractivity contribution in [2.45, 2.75) is 13.1 Å². The van der Waals surface area contributed by atoms with Gasteiger partial charge in [0.25, 0.3) is 0 Å². The van der Waals surface area contributed by atoms with Gasteiger partial charge in [-0.1, -0.05) is 15.9 Å². The molecule has 114 valence electrons. The molecule has 0 atom stereocenters. The Morgan fingerprint density at radius 1 is 1.33 bits per heavy atom. The van der Waals surface area contributed by atoms with Gasteiger partial charge in [-0.2, -0.15) is 0 Å². The van der Waals surface area contributed by atoms with E-state index in [1.807, 2.05) is 22.9 Å². The molecule has 1 aromatic heterocycles. The minimum atomic E-state index is 0.614. The molecule has 1 N–H and O–H groups in total. The Morgan fingerprint density at radius 3 is 3.00 bits per heavy atom. The summed E-state index contributed by atoms with van der Waals surface area (Å²) >= 11 is 3.50. The van der Waals surface area contributed by atoms with Crippen molar-refractivity contribution in [2.24, 2.45) is 0 Å². The van der Waals surface area contributed by atoms with Crippen LogP contribution in [0.15, 0.2) is 41.4 Å². The number of benzene rings is 1. The van der Waals surface area contributed by atoms with Crippen LogP contribution in [-0.4, -0.2) is 36.4 Å². The molecule has 0 saturated carbocycles. The van der Waals surface area contributed by atoms with Gasteiger partial charge >= 0.3 is 0 Å². The Balaban J connectivity index is 1.87. The average Bonchev–Trinajstić information content (AvgIpc) is 2.99. The summed E-state index contributed by atoms with van der Waals surface area (Å²) < 4.78 is 14.0. The third kappa shape index (κ3) is 5.49. The van der Waals surface area contributed by atoms with Gasteiger partial charge in [-0.25, -0.2) is 4.98 Å². The maximum Gasteiger partial charge on any atom is 0.123 e. The second-order valence-electron chi connectivity index (χ2n) is 4.57. The summed E-state index contributed by atoms with van der Waals surface area (Å²) in [6, 6.07) is 6.06. The summed E-state index contributed by atoms with van der Waals surface area (Å²) in [4.78, 5) is 4.01. The number of nitrogens with one attached hydrogen (secondary N) is 1. The number of methoxy groups -OCH3 is 1. The lowest BCUT2D eigenvalue weighted by Crippen LogP contribution is -2.19. The smallest absolute Gasteiger partial charge is 0.123 e. The number of halogens is 1. The lowest BCUT2D eigenvalue weighted by Gasteiger charge is -2.13. The minimum Gasteiger partial charge on any atom is -0.491 e. The van der Waals surface area contributed by atoms with E-state index < -0.39 is 0 Å². The Morgan fingerprint density at radius 2 is 2.24 bits per heavy atom. The van der Waals surface area contributed by atoms with Gasteiger partial charge in [0.2, 0.25) is 0 Å². The highest BCUT2D eigenvalue weighted by Crippen LogP contribution is 2.23. The van der Waals surface area contributed by atoms with Crippen molar-refractivity contribution in [1.29, 1.82) is 0 Å². The fraction of sp³-hybridized carbons (Fsp3) is 0.400. The molecule has 0 amide bonds. The van der Waals surface area contributed by atoms with E-state index in [4.69, 9.17) is 9.47 Å². The number of hydrogen-bond donors (Lipinski definition) is 1. The van der Waals surface area contributed by atoms with E-state index in [1.54, 1.807) is 19.6 Å². The van der Waals surface area contributed by atoms with Gasteiger partial charge < -0.3 is 19.4 Å². The number of hydrogen-bond acceptors (Lipinski definition) is 4. The molecule has 0 spiro atoms. The zero-order valence-corrected chi connectivity index (χ0v) is 13.7. The zero-order valence-electron chi connectivity index (χ0n) is 12.1. The van der Waals surface area contributed by atoms with E-state index in [1.165, 1.54) is 0 Å². The number of ether oxygens (including phenoxy) is 2. The van der Waals surface area contributed by atoms with E-state index >= 15 is 0 Å². The molecule has 0 aliphatic carbocycles. The first-order valence-electron chi connectivity index (χ1n) is 6.86. The van der Waals surface area contributed by atoms with Crippen LogP contribution < -0.4 is 10.1 Å². The van der Waals surface area contributed by atoms with E-state index in [0.717, 1.165) is 35.4 Å². The molecule has 1 aromatic carbocycles. The lowest BCUT2D eigenvalue weighted by atomic mass is 10.2. The molecule has 0 saturated heterocycles. The van der Waals surface area contributed by atoms with Gasteiger partial charge in [-0.05, 0) is 18.2 Å². The number of rotatable bonds is 9. The molecule has 0 aliphatic rings. The van der Waals surface area contributed by atoms with E-state index in [-0.39, 0.29) is 0 Å². The van der Waals surface area contributed by atoms with Crippen molar-refractivity contribution >= 4 is 15.9 Å². The van der Waals surface area contributed by atoms with Crippen LogP contribution in [0, 0.1) is 0 Å². The van der Waals surface area contributed by atoms with Gasteiger partial charge in [0.15, 0.2) is 0 Å². The van der Waals surface area contributed by atoms with Crippen LogP contribution in [0.4, 0.5) is 0 Å². The normalized spacial score (nSPS) is 10.8. The minimum absolute atomic E-state index is 0.614. The number of nitrogens with zero attached hydrogens (tertiary/aromatic N) is 2. The van der Waals surface area contributed by atoms with Crippen molar-refractivity contribution in [3.63, 3.8) is 0 Å². The maximum absolute atomic E-state index is 5.88. The molecular formula is C15H20BrN3O2. The number of aromatic nitrogens is 2. The standard InChI is InChI=1S/C15H20BrN3O2/c1-20-8-5-17-11-13-10-14(16)2-3-15(13)21-9-7-19-6-4-18-12-19/h2-4,6,10,12,17H,5,7-9,11H2,1H3. The van der Waals surface area contributed by atoms with Crippen molar-refractivity contribution < 1.29 is 9.47 Å². The van der Waals surface area contributed by atoms with Crippen LogP contribution in [0.1, 0.15) is 5.56 Å². The van der Waals surface area contributed by atoms with Crippen molar-refractivity contribution in [3.05, 3.63) is 47.0 Å². The fourth-order valence-electron chi connectivity index (χ4n) is 1.90. The Bertz CT molecular complexity index is 532. The second-order valence-corrected chi connectivity index (χ2v) is 5.49. The molecular weight excluding hydrogens is 334 g/mol. The monoisotopic (exact) mass is 353 g/mol.